The molecule has 2 fully saturated rings. The zero-order valence-corrected chi connectivity index (χ0v) is 23.7. The molecule has 0 spiro atoms. The minimum Gasteiger partial charge on any atom is -0.497 e. The summed E-state index contributed by atoms with van der Waals surface area (Å²) < 4.78 is 41.6. The summed E-state index contributed by atoms with van der Waals surface area (Å²) >= 11 is 5.68. The highest BCUT2D eigenvalue weighted by atomic mass is 32.2. The van der Waals surface area contributed by atoms with Crippen LogP contribution in [-0.2, 0) is 33.2 Å². The predicted octanol–water partition coefficient (Wildman–Crippen LogP) is 1.16. The maximum Gasteiger partial charge on any atom is 0.289 e. The van der Waals surface area contributed by atoms with Crippen molar-refractivity contribution >= 4 is 44.9 Å². The third-order valence-electron chi connectivity index (χ3n) is 6.74. The second kappa shape index (κ2) is 10.8. The Hall–Kier alpha value is -4.04. The van der Waals surface area contributed by atoms with Crippen molar-refractivity contribution in [1.82, 2.24) is 15.1 Å². The normalized spacial score (nSPS) is 18.0. The zero-order chi connectivity index (χ0) is 28.6. The third kappa shape index (κ3) is 5.63. The van der Waals surface area contributed by atoms with Crippen LogP contribution in [0, 0.1) is 6.92 Å². The van der Waals surface area contributed by atoms with Crippen LogP contribution in [0.3, 0.4) is 0 Å². The number of benzene rings is 2. The summed E-state index contributed by atoms with van der Waals surface area (Å²) in [5, 5.41) is 6.91. The number of aryl methyl sites for hydroxylation is 2. The van der Waals surface area contributed by atoms with Crippen LogP contribution < -0.4 is 25.6 Å². The zero-order valence-electron chi connectivity index (χ0n) is 22.1. The highest BCUT2D eigenvalue weighted by Gasteiger charge is 2.49. The summed E-state index contributed by atoms with van der Waals surface area (Å²) in [5.41, 5.74) is 1.51. The van der Waals surface area contributed by atoms with E-state index in [1.165, 1.54) is 16.8 Å². The summed E-state index contributed by atoms with van der Waals surface area (Å²) in [4.78, 5) is 29.6. The number of carbonyl (C=O) groups is 2. The number of anilines is 1. The molecule has 12 nitrogen and oxygen atoms in total. The molecule has 1 aromatic heterocycles. The van der Waals surface area contributed by atoms with Crippen molar-refractivity contribution in [2.45, 2.75) is 49.7 Å². The van der Waals surface area contributed by atoms with Gasteiger partial charge < -0.3 is 19.5 Å². The molecule has 210 valence electrons. The van der Waals surface area contributed by atoms with E-state index in [2.05, 4.69) is 15.0 Å². The van der Waals surface area contributed by atoms with Gasteiger partial charge in [-0.3, -0.25) is 19.8 Å². The average Bonchev–Trinajstić information content (AvgIpc) is 3.66. The number of amides is 2. The van der Waals surface area contributed by atoms with Gasteiger partial charge in [0.25, 0.3) is 27.2 Å². The van der Waals surface area contributed by atoms with E-state index in [0.717, 1.165) is 18.4 Å². The molecule has 2 aromatic carbocycles. The van der Waals surface area contributed by atoms with Crippen molar-refractivity contribution in [2.75, 3.05) is 12.4 Å². The van der Waals surface area contributed by atoms with Gasteiger partial charge in [0.15, 0.2) is 5.11 Å². The molecule has 1 N–H and O–H groups in total. The van der Waals surface area contributed by atoms with Crippen molar-refractivity contribution in [2.24, 2.45) is 11.4 Å². The lowest BCUT2D eigenvalue weighted by molar-refractivity contribution is -0.752. The molecule has 2 amide bonds. The molecule has 40 heavy (non-hydrogen) atoms. The Morgan fingerprint density at radius 2 is 1.88 bits per heavy atom. The Bertz CT molecular complexity index is 1620. The number of thiocarbonyl (C=S) groups is 1. The summed E-state index contributed by atoms with van der Waals surface area (Å²) in [6, 6.07) is 12.2. The number of nitrogens with one attached hydrogen (secondary N) is 1. The first-order valence-electron chi connectivity index (χ1n) is 12.5. The van der Waals surface area contributed by atoms with Crippen LogP contribution in [0.4, 0.5) is 5.69 Å². The van der Waals surface area contributed by atoms with Crippen LogP contribution in [0.15, 0.2) is 62.3 Å². The summed E-state index contributed by atoms with van der Waals surface area (Å²) in [6.07, 6.45) is 1.47. The molecule has 1 atom stereocenters. The van der Waals surface area contributed by atoms with Gasteiger partial charge in [-0.25, -0.2) is 4.68 Å². The van der Waals surface area contributed by atoms with E-state index in [0.29, 0.717) is 11.4 Å². The average molecular weight is 585 g/mol. The lowest BCUT2D eigenvalue weighted by Gasteiger charge is -2.22. The number of sulfonamides is 1. The molecule has 2 aliphatic rings. The van der Waals surface area contributed by atoms with Gasteiger partial charge in [-0.15, -0.1) is 4.40 Å². The van der Waals surface area contributed by atoms with Gasteiger partial charge in [-0.1, -0.05) is 17.7 Å². The largest absolute Gasteiger partial charge is 0.497 e. The molecule has 1 saturated heterocycles. The van der Waals surface area contributed by atoms with Crippen molar-refractivity contribution in [1.29, 1.82) is 0 Å². The molecule has 3 aromatic rings. The van der Waals surface area contributed by atoms with Gasteiger partial charge >= 0.3 is 0 Å². The Kier molecular flexibility index (Phi) is 7.47. The van der Waals surface area contributed by atoms with Gasteiger partial charge in [0.2, 0.25) is 5.91 Å². The first kappa shape index (κ1) is 27.5. The van der Waals surface area contributed by atoms with Crippen LogP contribution in [0.2, 0.25) is 0 Å². The SMILES string of the molecule is COc1ccc(NC(=O)CC2C(=O)N(C3CC3)C(=S)N2Cc2/c(=N/S(=O)(=O)c3ccc(C)cc3)o[n-][n+]2C)cc1. The Morgan fingerprint density at radius 1 is 1.20 bits per heavy atom. The topological polar surface area (TPSA) is 140 Å². The molecule has 0 bridgehead atoms. The Balaban J connectivity index is 1.42. The van der Waals surface area contributed by atoms with Crippen LogP contribution in [0.1, 0.15) is 30.5 Å². The van der Waals surface area contributed by atoms with E-state index < -0.39 is 16.1 Å². The van der Waals surface area contributed by atoms with E-state index in [4.69, 9.17) is 21.5 Å². The van der Waals surface area contributed by atoms with E-state index in [1.54, 1.807) is 60.4 Å². The third-order valence-corrected chi connectivity index (χ3v) is 8.45. The summed E-state index contributed by atoms with van der Waals surface area (Å²) in [6.45, 7) is 1.80. The monoisotopic (exact) mass is 584 g/mol. The van der Waals surface area contributed by atoms with E-state index in [1.807, 2.05) is 6.92 Å². The summed E-state index contributed by atoms with van der Waals surface area (Å²) in [5.74, 6) is -0.00876. The molecule has 2 heterocycles. The van der Waals surface area contributed by atoms with E-state index >= 15 is 0 Å². The quantitative estimate of drug-likeness (QED) is 0.290. The lowest BCUT2D eigenvalue weighted by Crippen LogP contribution is -2.45. The van der Waals surface area contributed by atoms with Crippen LogP contribution >= 0.6 is 12.2 Å². The molecule has 1 saturated carbocycles. The first-order chi connectivity index (χ1) is 19.1. The molecular formula is C26H28N6O6S2. The lowest BCUT2D eigenvalue weighted by atomic mass is 10.1. The number of ether oxygens (including phenoxy) is 1. The van der Waals surface area contributed by atoms with Crippen molar-refractivity contribution in [3.05, 3.63) is 65.3 Å². The molecular weight excluding hydrogens is 556 g/mol. The fourth-order valence-electron chi connectivity index (χ4n) is 4.38. The van der Waals surface area contributed by atoms with E-state index in [-0.39, 0.29) is 52.1 Å². The van der Waals surface area contributed by atoms with Crippen molar-refractivity contribution in [3.63, 3.8) is 0 Å². The molecule has 1 aliphatic carbocycles. The molecule has 1 unspecified atom stereocenters. The highest BCUT2D eigenvalue weighted by Crippen LogP contribution is 2.34. The number of rotatable bonds is 9. The molecule has 5 rings (SSSR count). The van der Waals surface area contributed by atoms with Gasteiger partial charge in [0.1, 0.15) is 25.4 Å². The minimum atomic E-state index is -4.11. The maximum atomic E-state index is 13.5. The smallest absolute Gasteiger partial charge is 0.289 e. The Labute approximate surface area is 236 Å². The van der Waals surface area contributed by atoms with Gasteiger partial charge in [0, 0.05) is 11.7 Å². The van der Waals surface area contributed by atoms with Crippen LogP contribution in [0.25, 0.3) is 0 Å². The second-order valence-electron chi connectivity index (χ2n) is 9.67. The van der Waals surface area contributed by atoms with Gasteiger partial charge in [0.05, 0.1) is 18.4 Å². The highest BCUT2D eigenvalue weighted by molar-refractivity contribution is 7.90. The number of aromatic nitrogens is 2. The minimum absolute atomic E-state index is 0.00274. The number of carbonyl (C=O) groups excluding carboxylic acids is 2. The fraction of sp³-hybridized carbons (Fsp3) is 0.346. The number of methoxy groups -OCH3 is 1. The fourth-order valence-corrected chi connectivity index (χ4v) is 5.75. The number of hydrogen-bond acceptors (Lipinski definition) is 7. The maximum absolute atomic E-state index is 13.5. The second-order valence-corrected chi connectivity index (χ2v) is 11.6. The number of nitrogens with zero attached hydrogens (tertiary/aromatic N) is 5. The number of hydrogen-bond donors (Lipinski definition) is 1. The van der Waals surface area contributed by atoms with E-state index in [9.17, 15) is 18.0 Å². The molecule has 14 heteroatoms. The van der Waals surface area contributed by atoms with Gasteiger partial charge in [-0.05, 0) is 68.4 Å². The van der Waals surface area contributed by atoms with Crippen LogP contribution in [-0.4, -0.2) is 54.3 Å². The Morgan fingerprint density at radius 3 is 2.50 bits per heavy atom. The van der Waals surface area contributed by atoms with Crippen molar-refractivity contribution in [3.8, 4) is 5.75 Å². The molecule has 0 radical (unpaired) electrons. The predicted molar refractivity (Wildman–Crippen MR) is 145 cm³/mol. The van der Waals surface area contributed by atoms with Crippen molar-refractivity contribution < 1.29 is 31.9 Å². The molecule has 1 aliphatic heterocycles. The summed E-state index contributed by atoms with van der Waals surface area (Å²) in [7, 11) is -0.986. The van der Waals surface area contributed by atoms with Crippen LogP contribution in [0.5, 0.6) is 5.75 Å². The first-order valence-corrected chi connectivity index (χ1v) is 14.4. The van der Waals surface area contributed by atoms with Gasteiger partial charge in [-0.2, -0.15) is 8.42 Å². The standard InChI is InChI=1S/C26H28N6O6S2/c1-16-4-12-20(13-5-16)40(35,36)28-24-22(30(2)29-38-24)15-31-21(25(34)32(26(31)39)18-8-9-18)14-23(33)27-17-6-10-19(37-3)11-7-17/h4-7,10-13,18,21H,8-9,14-15H2,1-3H3,(H,27,33)/b28-24-.